The summed E-state index contributed by atoms with van der Waals surface area (Å²) >= 11 is 5.48. The van der Waals surface area contributed by atoms with Crippen molar-refractivity contribution in [2.75, 3.05) is 23.7 Å². The summed E-state index contributed by atoms with van der Waals surface area (Å²) in [5.74, 6) is 1.12. The van der Waals surface area contributed by atoms with E-state index in [9.17, 15) is 5.26 Å². The Labute approximate surface area is 115 Å². The number of hydrogen-bond donors (Lipinski definition) is 0. The molecule has 0 aliphatic carbocycles. The number of hydrogen-bond acceptors (Lipinski definition) is 3. The summed E-state index contributed by atoms with van der Waals surface area (Å²) in [5.41, 5.74) is 1.81. The molecular weight excluding hydrogens is 296 g/mol. The molecule has 1 aliphatic rings. The lowest BCUT2D eigenvalue weighted by Crippen LogP contribution is -2.43. The lowest BCUT2D eigenvalue weighted by atomic mass is 10.1. The summed E-state index contributed by atoms with van der Waals surface area (Å²) in [6.45, 7) is 6.52. The summed E-state index contributed by atoms with van der Waals surface area (Å²) in [4.78, 5) is 2.32. The molecule has 4 heteroatoms. The summed E-state index contributed by atoms with van der Waals surface area (Å²) in [7, 11) is 0. The highest BCUT2D eigenvalue weighted by Crippen LogP contribution is 2.34. The van der Waals surface area contributed by atoms with E-state index >= 15 is 0 Å². The van der Waals surface area contributed by atoms with Gasteiger partial charge in [0, 0.05) is 28.1 Å². The molecule has 1 saturated heterocycles. The Hall–Kier alpha value is -0.660. The van der Waals surface area contributed by atoms with Crippen molar-refractivity contribution < 1.29 is 0 Å². The molecule has 0 bridgehead atoms. The minimum Gasteiger partial charge on any atom is -0.368 e. The summed E-state index contributed by atoms with van der Waals surface area (Å²) in [6.07, 6.45) is 0. The van der Waals surface area contributed by atoms with Crippen molar-refractivity contribution in [3.05, 3.63) is 28.2 Å². The predicted octanol–water partition coefficient (Wildman–Crippen LogP) is 3.65. The second-order valence-corrected chi connectivity index (χ2v) is 7.52. The van der Waals surface area contributed by atoms with Crippen molar-refractivity contribution in [3.63, 3.8) is 0 Å². The Morgan fingerprint density at radius 1 is 1.47 bits per heavy atom. The van der Waals surface area contributed by atoms with Crippen LogP contribution in [-0.4, -0.2) is 23.6 Å². The van der Waals surface area contributed by atoms with Crippen LogP contribution in [0.25, 0.3) is 0 Å². The van der Waals surface area contributed by atoms with Gasteiger partial charge in [-0.2, -0.15) is 17.0 Å². The molecule has 0 saturated carbocycles. The Bertz CT molecular complexity index is 465. The molecule has 0 atom stereocenters. The minimum absolute atomic E-state index is 0.257. The van der Waals surface area contributed by atoms with Crippen LogP contribution in [0.15, 0.2) is 22.7 Å². The predicted molar refractivity (Wildman–Crippen MR) is 77.6 cm³/mol. The quantitative estimate of drug-likeness (QED) is 0.792. The molecule has 2 rings (SSSR count). The van der Waals surface area contributed by atoms with E-state index in [4.69, 9.17) is 0 Å². The molecule has 0 N–H and O–H groups in total. The van der Waals surface area contributed by atoms with Gasteiger partial charge in [0.25, 0.3) is 0 Å². The molecule has 0 radical (unpaired) electrons. The number of anilines is 1. The van der Waals surface area contributed by atoms with Crippen LogP contribution in [0.2, 0.25) is 0 Å². The fourth-order valence-electron chi connectivity index (χ4n) is 2.08. The monoisotopic (exact) mass is 310 g/mol. The van der Waals surface area contributed by atoms with Crippen LogP contribution >= 0.6 is 27.7 Å². The van der Waals surface area contributed by atoms with Gasteiger partial charge in [-0.3, -0.25) is 0 Å². The third kappa shape index (κ3) is 2.97. The van der Waals surface area contributed by atoms with Gasteiger partial charge in [0.1, 0.15) is 6.07 Å². The number of rotatable bonds is 1. The standard InChI is InChI=1S/C13H15BrN2S/c1-13(2)9-16(5-6-17-13)12-7-11(14)4-3-10(12)8-15/h3-4,7H,5-6,9H2,1-2H3. The zero-order valence-electron chi connectivity index (χ0n) is 10.0. The van der Waals surface area contributed by atoms with Crippen molar-refractivity contribution in [1.82, 2.24) is 0 Å². The van der Waals surface area contributed by atoms with E-state index in [0.29, 0.717) is 0 Å². The van der Waals surface area contributed by atoms with E-state index in [2.05, 4.69) is 40.7 Å². The van der Waals surface area contributed by atoms with Crippen LogP contribution in [0.5, 0.6) is 0 Å². The molecule has 2 nitrogen and oxygen atoms in total. The first-order chi connectivity index (χ1) is 8.02. The van der Waals surface area contributed by atoms with Gasteiger partial charge in [-0.25, -0.2) is 0 Å². The normalized spacial score (nSPS) is 18.8. The highest BCUT2D eigenvalue weighted by molar-refractivity contribution is 9.10. The van der Waals surface area contributed by atoms with Crippen LogP contribution in [-0.2, 0) is 0 Å². The first kappa shape index (κ1) is 12.8. The third-order valence-electron chi connectivity index (χ3n) is 2.85. The number of benzene rings is 1. The molecule has 17 heavy (non-hydrogen) atoms. The van der Waals surface area contributed by atoms with Crippen LogP contribution in [0, 0.1) is 11.3 Å². The lowest BCUT2D eigenvalue weighted by Gasteiger charge is -2.39. The molecular formula is C13H15BrN2S. The fourth-order valence-corrected chi connectivity index (χ4v) is 3.54. The molecule has 0 amide bonds. The molecule has 0 spiro atoms. The average molecular weight is 311 g/mol. The van der Waals surface area contributed by atoms with Gasteiger partial charge < -0.3 is 4.90 Å². The largest absolute Gasteiger partial charge is 0.368 e. The second-order valence-electron chi connectivity index (χ2n) is 4.80. The molecule has 1 aromatic carbocycles. The maximum atomic E-state index is 9.17. The summed E-state index contributed by atoms with van der Waals surface area (Å²) in [6, 6.07) is 8.13. The highest BCUT2D eigenvalue weighted by Gasteiger charge is 2.28. The van der Waals surface area contributed by atoms with Crippen LogP contribution < -0.4 is 4.90 Å². The van der Waals surface area contributed by atoms with Crippen molar-refractivity contribution in [3.8, 4) is 6.07 Å². The first-order valence-electron chi connectivity index (χ1n) is 5.60. The van der Waals surface area contributed by atoms with Crippen LogP contribution in [0.4, 0.5) is 5.69 Å². The van der Waals surface area contributed by atoms with Gasteiger partial charge in [0.15, 0.2) is 0 Å². The van der Waals surface area contributed by atoms with E-state index in [1.165, 1.54) is 0 Å². The van der Waals surface area contributed by atoms with E-state index < -0.39 is 0 Å². The molecule has 0 unspecified atom stereocenters. The SMILES string of the molecule is CC1(C)CN(c2cc(Br)ccc2C#N)CCS1. The van der Waals surface area contributed by atoms with Crippen molar-refractivity contribution >= 4 is 33.4 Å². The van der Waals surface area contributed by atoms with E-state index in [1.54, 1.807) is 0 Å². The Balaban J connectivity index is 2.33. The zero-order valence-corrected chi connectivity index (χ0v) is 12.4. The van der Waals surface area contributed by atoms with Crippen molar-refractivity contribution in [2.45, 2.75) is 18.6 Å². The topological polar surface area (TPSA) is 27.0 Å². The van der Waals surface area contributed by atoms with Gasteiger partial charge >= 0.3 is 0 Å². The molecule has 0 aromatic heterocycles. The van der Waals surface area contributed by atoms with Gasteiger partial charge in [-0.15, -0.1) is 0 Å². The Kier molecular flexibility index (Phi) is 3.70. The maximum absolute atomic E-state index is 9.17. The van der Waals surface area contributed by atoms with Crippen molar-refractivity contribution in [2.24, 2.45) is 0 Å². The minimum atomic E-state index is 0.257. The van der Waals surface area contributed by atoms with Gasteiger partial charge in [0.2, 0.25) is 0 Å². The number of nitrogens with zero attached hydrogens (tertiary/aromatic N) is 2. The fraction of sp³-hybridized carbons (Fsp3) is 0.462. The van der Waals surface area contributed by atoms with Gasteiger partial charge in [-0.1, -0.05) is 15.9 Å². The Morgan fingerprint density at radius 2 is 2.24 bits per heavy atom. The lowest BCUT2D eigenvalue weighted by molar-refractivity contribution is 0.647. The third-order valence-corrected chi connectivity index (χ3v) is 4.64. The van der Waals surface area contributed by atoms with Crippen LogP contribution in [0.1, 0.15) is 19.4 Å². The second kappa shape index (κ2) is 4.91. The van der Waals surface area contributed by atoms with E-state index in [0.717, 1.165) is 34.6 Å². The molecule has 90 valence electrons. The maximum Gasteiger partial charge on any atom is 0.101 e. The van der Waals surface area contributed by atoms with Gasteiger partial charge in [0.05, 0.1) is 11.3 Å². The first-order valence-corrected chi connectivity index (χ1v) is 7.38. The summed E-state index contributed by atoms with van der Waals surface area (Å²) < 4.78 is 1.29. The molecule has 1 aromatic rings. The number of thioether (sulfide) groups is 1. The van der Waals surface area contributed by atoms with E-state index in [-0.39, 0.29) is 4.75 Å². The molecule has 1 heterocycles. The average Bonchev–Trinajstić information content (AvgIpc) is 2.27. The van der Waals surface area contributed by atoms with Gasteiger partial charge in [-0.05, 0) is 32.0 Å². The smallest absolute Gasteiger partial charge is 0.101 e. The number of nitriles is 1. The van der Waals surface area contributed by atoms with Crippen LogP contribution in [0.3, 0.4) is 0 Å². The highest BCUT2D eigenvalue weighted by atomic mass is 79.9. The number of halogens is 1. The Morgan fingerprint density at radius 3 is 2.88 bits per heavy atom. The molecule has 1 aliphatic heterocycles. The summed E-state index contributed by atoms with van der Waals surface area (Å²) in [5, 5.41) is 9.17. The zero-order chi connectivity index (χ0) is 12.5. The molecule has 1 fully saturated rings. The van der Waals surface area contributed by atoms with Crippen molar-refractivity contribution in [1.29, 1.82) is 5.26 Å². The van der Waals surface area contributed by atoms with E-state index in [1.807, 2.05) is 30.0 Å².